The first-order chi connectivity index (χ1) is 7.99. The summed E-state index contributed by atoms with van der Waals surface area (Å²) in [7, 11) is 0. The van der Waals surface area contributed by atoms with Crippen LogP contribution in [0.1, 0.15) is 22.9 Å². The molecule has 0 amide bonds. The van der Waals surface area contributed by atoms with Crippen LogP contribution in [0.4, 0.5) is 0 Å². The van der Waals surface area contributed by atoms with Crippen molar-refractivity contribution >= 4 is 11.3 Å². The van der Waals surface area contributed by atoms with Gasteiger partial charge >= 0.3 is 0 Å². The van der Waals surface area contributed by atoms with E-state index in [1.165, 1.54) is 0 Å². The van der Waals surface area contributed by atoms with Gasteiger partial charge in [-0.15, -0.1) is 11.3 Å². The third kappa shape index (κ3) is 2.68. The van der Waals surface area contributed by atoms with E-state index >= 15 is 0 Å². The summed E-state index contributed by atoms with van der Waals surface area (Å²) in [6.07, 6.45) is 0.503. The lowest BCUT2D eigenvalue weighted by atomic mass is 9.93. The Morgan fingerprint density at radius 3 is 2.65 bits per heavy atom. The van der Waals surface area contributed by atoms with Crippen LogP contribution in [-0.4, -0.2) is 10.2 Å². The third-order valence-corrected chi connectivity index (χ3v) is 4.08. The molecule has 0 radical (unpaired) electrons. The number of hydrogen-bond acceptors (Lipinski definition) is 3. The Balaban J connectivity index is 2.26. The van der Waals surface area contributed by atoms with Gasteiger partial charge in [0.2, 0.25) is 0 Å². The van der Waals surface area contributed by atoms with E-state index in [2.05, 4.69) is 0 Å². The van der Waals surface area contributed by atoms with E-state index in [1.807, 2.05) is 31.4 Å². The minimum atomic E-state index is -0.883. The molecule has 3 heteroatoms. The van der Waals surface area contributed by atoms with Crippen LogP contribution in [0.5, 0.6) is 5.75 Å². The predicted octanol–water partition coefficient (Wildman–Crippen LogP) is 3.21. The first kappa shape index (κ1) is 12.1. The van der Waals surface area contributed by atoms with Crippen LogP contribution in [0, 0.1) is 6.92 Å². The van der Waals surface area contributed by atoms with Gasteiger partial charge in [-0.1, -0.05) is 12.1 Å². The average Bonchev–Trinajstić information content (AvgIpc) is 2.64. The van der Waals surface area contributed by atoms with Crippen molar-refractivity contribution in [2.75, 3.05) is 0 Å². The van der Waals surface area contributed by atoms with E-state index in [4.69, 9.17) is 0 Å². The highest BCUT2D eigenvalue weighted by Crippen LogP contribution is 2.32. The van der Waals surface area contributed by atoms with Crippen LogP contribution in [0.15, 0.2) is 35.7 Å². The van der Waals surface area contributed by atoms with Crippen LogP contribution < -0.4 is 0 Å². The highest BCUT2D eigenvalue weighted by atomic mass is 32.1. The Morgan fingerprint density at radius 2 is 2.06 bits per heavy atom. The molecule has 1 aromatic carbocycles. The Kier molecular flexibility index (Phi) is 3.22. The van der Waals surface area contributed by atoms with Gasteiger partial charge in [-0.05, 0) is 48.6 Å². The number of rotatable bonds is 3. The molecule has 17 heavy (non-hydrogen) atoms. The summed E-state index contributed by atoms with van der Waals surface area (Å²) in [5.41, 5.74) is 1.16. The van der Waals surface area contributed by atoms with E-state index in [0.717, 1.165) is 16.0 Å². The van der Waals surface area contributed by atoms with E-state index < -0.39 is 5.60 Å². The lowest BCUT2D eigenvalue weighted by Crippen LogP contribution is -2.23. The second kappa shape index (κ2) is 4.51. The minimum absolute atomic E-state index is 0.237. The quantitative estimate of drug-likeness (QED) is 0.875. The normalized spacial score (nSPS) is 14.5. The minimum Gasteiger partial charge on any atom is -0.508 e. The molecule has 0 aliphatic rings. The number of aryl methyl sites for hydroxylation is 1. The summed E-state index contributed by atoms with van der Waals surface area (Å²) in [5, 5.41) is 21.9. The van der Waals surface area contributed by atoms with Crippen molar-refractivity contribution in [1.29, 1.82) is 0 Å². The molecule has 1 atom stereocenters. The monoisotopic (exact) mass is 248 g/mol. The van der Waals surface area contributed by atoms with E-state index in [-0.39, 0.29) is 5.75 Å². The van der Waals surface area contributed by atoms with Crippen LogP contribution >= 0.6 is 11.3 Å². The summed E-state index contributed by atoms with van der Waals surface area (Å²) >= 11 is 1.57. The van der Waals surface area contributed by atoms with Crippen molar-refractivity contribution in [3.8, 4) is 5.75 Å². The molecule has 0 saturated carbocycles. The smallest absolute Gasteiger partial charge is 0.115 e. The number of aliphatic hydroxyl groups is 1. The summed E-state index contributed by atoms with van der Waals surface area (Å²) in [6.45, 7) is 3.82. The van der Waals surface area contributed by atoms with Gasteiger partial charge in [0, 0.05) is 11.3 Å². The summed E-state index contributed by atoms with van der Waals surface area (Å²) in [4.78, 5) is 0.987. The van der Waals surface area contributed by atoms with E-state index in [9.17, 15) is 10.2 Å². The van der Waals surface area contributed by atoms with Crippen LogP contribution in [0.3, 0.4) is 0 Å². The molecule has 0 saturated heterocycles. The predicted molar refractivity (Wildman–Crippen MR) is 70.4 cm³/mol. The second-order valence-corrected chi connectivity index (χ2v) is 5.47. The van der Waals surface area contributed by atoms with Crippen molar-refractivity contribution in [1.82, 2.24) is 0 Å². The van der Waals surface area contributed by atoms with Crippen LogP contribution in [0.25, 0.3) is 0 Å². The Bertz CT molecular complexity index is 514. The molecule has 2 N–H and O–H groups in total. The van der Waals surface area contributed by atoms with Gasteiger partial charge in [-0.3, -0.25) is 0 Å². The third-order valence-electron chi connectivity index (χ3n) is 2.81. The highest BCUT2D eigenvalue weighted by Gasteiger charge is 2.26. The van der Waals surface area contributed by atoms with Crippen LogP contribution in [-0.2, 0) is 12.0 Å². The van der Waals surface area contributed by atoms with Crippen molar-refractivity contribution in [2.24, 2.45) is 0 Å². The fourth-order valence-corrected chi connectivity index (χ4v) is 3.06. The number of phenols is 1. The molecule has 2 aromatic rings. The molecule has 2 nitrogen and oxygen atoms in total. The first-order valence-corrected chi connectivity index (χ1v) is 6.42. The zero-order valence-corrected chi connectivity index (χ0v) is 10.8. The molecule has 1 heterocycles. The number of phenolic OH excluding ortho intramolecular Hbond substituents is 1. The largest absolute Gasteiger partial charge is 0.508 e. The number of aromatic hydroxyl groups is 1. The van der Waals surface area contributed by atoms with Gasteiger partial charge in [-0.2, -0.15) is 0 Å². The fourth-order valence-electron chi connectivity index (χ4n) is 2.07. The molecule has 0 aliphatic carbocycles. The van der Waals surface area contributed by atoms with E-state index in [1.54, 1.807) is 29.5 Å². The van der Waals surface area contributed by atoms with Crippen molar-refractivity contribution in [3.63, 3.8) is 0 Å². The van der Waals surface area contributed by atoms with Gasteiger partial charge in [0.1, 0.15) is 11.4 Å². The molecular formula is C14H16O2S. The molecule has 0 aliphatic heterocycles. The van der Waals surface area contributed by atoms with Crippen molar-refractivity contribution < 1.29 is 10.2 Å². The van der Waals surface area contributed by atoms with Gasteiger partial charge in [0.15, 0.2) is 0 Å². The number of thiophene rings is 1. The summed E-state index contributed by atoms with van der Waals surface area (Å²) < 4.78 is 0. The average molecular weight is 248 g/mol. The second-order valence-electron chi connectivity index (χ2n) is 4.55. The topological polar surface area (TPSA) is 40.5 Å². The zero-order chi connectivity index (χ0) is 12.5. The standard InChI is InChI=1S/C14H16O2S/c1-10-6-7-17-13(10)14(2,16)9-11-4-3-5-12(15)8-11/h3-8,15-16H,9H2,1-2H3. The molecule has 0 spiro atoms. The lowest BCUT2D eigenvalue weighted by molar-refractivity contribution is 0.0609. The first-order valence-electron chi connectivity index (χ1n) is 5.54. The maximum Gasteiger partial charge on any atom is 0.115 e. The molecule has 0 fully saturated rings. The zero-order valence-electron chi connectivity index (χ0n) is 9.97. The van der Waals surface area contributed by atoms with Gasteiger partial charge in [0.05, 0.1) is 0 Å². The van der Waals surface area contributed by atoms with E-state index in [0.29, 0.717) is 6.42 Å². The van der Waals surface area contributed by atoms with Crippen LogP contribution in [0.2, 0.25) is 0 Å². The number of hydrogen-bond donors (Lipinski definition) is 2. The summed E-state index contributed by atoms with van der Waals surface area (Å²) in [5.74, 6) is 0.237. The van der Waals surface area contributed by atoms with Crippen molar-refractivity contribution in [3.05, 3.63) is 51.7 Å². The van der Waals surface area contributed by atoms with Gasteiger partial charge in [0.25, 0.3) is 0 Å². The maximum atomic E-state index is 10.5. The maximum absolute atomic E-state index is 10.5. The lowest BCUT2D eigenvalue weighted by Gasteiger charge is -2.23. The molecule has 1 aromatic heterocycles. The highest BCUT2D eigenvalue weighted by molar-refractivity contribution is 7.10. The molecule has 90 valence electrons. The van der Waals surface area contributed by atoms with Crippen molar-refractivity contribution in [2.45, 2.75) is 25.9 Å². The SMILES string of the molecule is Cc1ccsc1C(C)(O)Cc1cccc(O)c1. The fraction of sp³-hybridized carbons (Fsp3) is 0.286. The molecule has 0 bridgehead atoms. The molecule has 2 rings (SSSR count). The molecule has 1 unspecified atom stereocenters. The molecular weight excluding hydrogens is 232 g/mol. The Labute approximate surface area is 105 Å². The van der Waals surface area contributed by atoms with Gasteiger partial charge < -0.3 is 10.2 Å². The Morgan fingerprint density at radius 1 is 1.29 bits per heavy atom. The van der Waals surface area contributed by atoms with Gasteiger partial charge in [-0.25, -0.2) is 0 Å². The summed E-state index contributed by atoms with van der Waals surface area (Å²) in [6, 6.07) is 9.04. The Hall–Kier alpha value is -1.32. The number of benzene rings is 1.